The van der Waals surface area contributed by atoms with Crippen LogP contribution in [-0.2, 0) is 16.1 Å². The smallest absolute Gasteiger partial charge is 0.223 e. The van der Waals surface area contributed by atoms with Crippen LogP contribution in [0.15, 0.2) is 6.20 Å². The Hall–Kier alpha value is -0.000000000000000111. The number of carbonyl (C=O) groups is 2. The van der Waals surface area contributed by atoms with Gasteiger partial charge in [0.15, 0.2) is 5.78 Å². The van der Waals surface area contributed by atoms with E-state index in [1.807, 2.05) is 15.8 Å². The number of unbranched alkanes of at least 4 members (excludes halogenated alkanes) is 2. The fraction of sp³-hybridized carbons (Fsp3) is 0.778. The second-order valence-corrected chi connectivity index (χ2v) is 15.5. The van der Waals surface area contributed by atoms with Gasteiger partial charge in [0, 0.05) is 25.9 Å². The molecule has 5 unspecified atom stereocenters. The summed E-state index contributed by atoms with van der Waals surface area (Å²) in [7, 11) is 4.54. The van der Waals surface area contributed by atoms with E-state index in [1.165, 1.54) is 6.16 Å². The first-order valence-electron chi connectivity index (χ1n) is 10.1. The van der Waals surface area contributed by atoms with Crippen LogP contribution in [0, 0.1) is 0 Å². The lowest BCUT2D eigenvalue weighted by atomic mass is 10.0. The van der Waals surface area contributed by atoms with Gasteiger partial charge in [-0.05, 0) is 66.3 Å². The van der Waals surface area contributed by atoms with Gasteiger partial charge in [0.1, 0.15) is 5.44 Å². The van der Waals surface area contributed by atoms with Crippen molar-refractivity contribution in [2.24, 2.45) is 0 Å². The van der Waals surface area contributed by atoms with E-state index in [1.54, 1.807) is 0 Å². The maximum absolute atomic E-state index is 12.6. The fourth-order valence-corrected chi connectivity index (χ4v) is 6.46. The van der Waals surface area contributed by atoms with Gasteiger partial charge >= 0.3 is 0 Å². The number of amides is 1. The number of aromatic nitrogens is 3. The van der Waals surface area contributed by atoms with E-state index in [2.05, 4.69) is 32.6 Å². The number of nitrogens with zero attached hydrogens (tertiary/aromatic N) is 4. The third-order valence-electron chi connectivity index (χ3n) is 4.95. The monoisotopic (exact) mass is 462 g/mol. The molecule has 1 fully saturated rings. The van der Waals surface area contributed by atoms with Crippen molar-refractivity contribution in [3.8, 4) is 0 Å². The number of rotatable bonds is 13. The zero-order chi connectivity index (χ0) is 20.4. The van der Waals surface area contributed by atoms with E-state index in [0.717, 1.165) is 73.6 Å². The van der Waals surface area contributed by atoms with Crippen LogP contribution in [-0.4, -0.2) is 63.7 Å². The molecule has 0 bridgehead atoms. The normalized spacial score (nSPS) is 18.7. The van der Waals surface area contributed by atoms with Crippen LogP contribution in [0.5, 0.6) is 0 Å². The van der Waals surface area contributed by atoms with E-state index in [9.17, 15) is 9.59 Å². The molecular weight excluding hydrogens is 428 g/mol. The minimum Gasteiger partial charge on any atom is -0.333 e. The van der Waals surface area contributed by atoms with E-state index >= 15 is 0 Å². The van der Waals surface area contributed by atoms with Gasteiger partial charge in [-0.15, -0.1) is 14.0 Å². The van der Waals surface area contributed by atoms with Crippen LogP contribution in [0.25, 0.3) is 0 Å². The Labute approximate surface area is 176 Å². The highest BCUT2D eigenvalue weighted by atomic mass is 32.0. The van der Waals surface area contributed by atoms with Crippen LogP contribution in [0.2, 0.25) is 0 Å². The van der Waals surface area contributed by atoms with Crippen molar-refractivity contribution in [2.45, 2.75) is 64.0 Å². The van der Waals surface area contributed by atoms with Gasteiger partial charge in [0.25, 0.3) is 0 Å². The first kappa shape index (κ1) is 24.3. The first-order valence-corrected chi connectivity index (χ1v) is 17.2. The SMILES string of the molecule is CPPc1cn(CCCCC(=O)N2CCCC2C(=O)CCCCP(C)P)nn1. The fourth-order valence-electron chi connectivity index (χ4n) is 3.51. The molecule has 1 aliphatic rings. The second kappa shape index (κ2) is 13.3. The summed E-state index contributed by atoms with van der Waals surface area (Å²) in [5.41, 5.74) is 1.07. The highest BCUT2D eigenvalue weighted by molar-refractivity contribution is 8.14. The zero-order valence-electron chi connectivity index (χ0n) is 17.1. The summed E-state index contributed by atoms with van der Waals surface area (Å²) in [5, 5.41) is 8.32. The van der Waals surface area contributed by atoms with E-state index in [4.69, 9.17) is 0 Å². The second-order valence-electron chi connectivity index (χ2n) is 7.35. The summed E-state index contributed by atoms with van der Waals surface area (Å²) < 4.78 is 1.88. The Morgan fingerprint density at radius 1 is 1.29 bits per heavy atom. The highest BCUT2D eigenvalue weighted by Crippen LogP contribution is 2.40. The summed E-state index contributed by atoms with van der Waals surface area (Å²) in [6.45, 7) is 5.96. The molecular formula is C18H34N4O2P4. The van der Waals surface area contributed by atoms with Crippen LogP contribution in [0.4, 0.5) is 0 Å². The Morgan fingerprint density at radius 3 is 2.82 bits per heavy atom. The third-order valence-corrected chi connectivity index (χ3v) is 9.00. The Bertz CT molecular complexity index is 626. The minimum absolute atomic E-state index is 0.0443. The Kier molecular flexibility index (Phi) is 11.6. The zero-order valence-corrected chi connectivity index (χ0v) is 21.1. The average molecular weight is 462 g/mol. The van der Waals surface area contributed by atoms with Crippen molar-refractivity contribution in [1.29, 1.82) is 0 Å². The number of hydrogen-bond donors (Lipinski definition) is 0. The molecule has 28 heavy (non-hydrogen) atoms. The number of aryl methyl sites for hydroxylation is 1. The lowest BCUT2D eigenvalue weighted by Crippen LogP contribution is -2.40. The van der Waals surface area contributed by atoms with Crippen LogP contribution >= 0.6 is 33.1 Å². The molecule has 6 nitrogen and oxygen atoms in total. The van der Waals surface area contributed by atoms with Gasteiger partial charge in [0.2, 0.25) is 5.91 Å². The van der Waals surface area contributed by atoms with Gasteiger partial charge < -0.3 is 4.90 Å². The lowest BCUT2D eigenvalue weighted by molar-refractivity contribution is -0.137. The highest BCUT2D eigenvalue weighted by Gasteiger charge is 2.32. The quantitative estimate of drug-likeness (QED) is 0.332. The summed E-state index contributed by atoms with van der Waals surface area (Å²) in [5.74, 6) is 0.411. The molecule has 2 rings (SSSR count). The van der Waals surface area contributed by atoms with E-state index in [0.29, 0.717) is 12.8 Å². The molecule has 158 valence electrons. The number of ketones is 1. The topological polar surface area (TPSA) is 68.1 Å². The van der Waals surface area contributed by atoms with E-state index < -0.39 is 0 Å². The largest absolute Gasteiger partial charge is 0.333 e. The van der Waals surface area contributed by atoms with Crippen molar-refractivity contribution < 1.29 is 9.59 Å². The van der Waals surface area contributed by atoms with Crippen LogP contribution in [0.3, 0.4) is 0 Å². The number of carbonyl (C=O) groups excluding carboxylic acids is 2. The van der Waals surface area contributed by atoms with Crippen molar-refractivity contribution >= 4 is 50.2 Å². The molecule has 1 aromatic heterocycles. The molecule has 1 amide bonds. The van der Waals surface area contributed by atoms with Gasteiger partial charge in [-0.3, -0.25) is 14.3 Å². The standard InChI is InChI=1S/C18H34N4O2P4/c1-26-27-17-14-21(20-19-17)11-5-3-10-18(24)22-12-7-8-15(22)16(23)9-4-6-13-28(2)25/h14-15,26-27H,3-13,25H2,1-2H3. The molecule has 0 radical (unpaired) electrons. The predicted molar refractivity (Wildman–Crippen MR) is 127 cm³/mol. The molecule has 0 aliphatic carbocycles. The number of Topliss-reactive ketones (excluding diaryl/α,β-unsaturated/α-hetero) is 1. The summed E-state index contributed by atoms with van der Waals surface area (Å²) >= 11 is 0. The van der Waals surface area contributed by atoms with Crippen molar-refractivity contribution in [2.75, 3.05) is 26.0 Å². The van der Waals surface area contributed by atoms with Gasteiger partial charge in [-0.2, -0.15) is 0 Å². The molecule has 5 atom stereocenters. The van der Waals surface area contributed by atoms with Crippen molar-refractivity contribution in [1.82, 2.24) is 19.9 Å². The van der Waals surface area contributed by atoms with Crippen molar-refractivity contribution in [3.05, 3.63) is 6.20 Å². The summed E-state index contributed by atoms with van der Waals surface area (Å²) in [6, 6.07) is -0.166. The van der Waals surface area contributed by atoms with Crippen molar-refractivity contribution in [3.63, 3.8) is 0 Å². The van der Waals surface area contributed by atoms with Gasteiger partial charge in [-0.25, -0.2) is 0 Å². The molecule has 0 saturated carbocycles. The molecule has 1 aromatic rings. The number of hydrogen-bond acceptors (Lipinski definition) is 4. The average Bonchev–Trinajstić information content (AvgIpc) is 3.32. The minimum atomic E-state index is -0.166. The molecule has 1 aliphatic heterocycles. The predicted octanol–water partition coefficient (Wildman–Crippen LogP) is 3.61. The van der Waals surface area contributed by atoms with Gasteiger partial charge in [0.05, 0.1) is 12.2 Å². The molecule has 0 N–H and O–H groups in total. The third kappa shape index (κ3) is 8.39. The van der Waals surface area contributed by atoms with Crippen LogP contribution < -0.4 is 5.44 Å². The van der Waals surface area contributed by atoms with Crippen LogP contribution in [0.1, 0.15) is 51.4 Å². The molecule has 1 saturated heterocycles. The first-order chi connectivity index (χ1) is 13.5. The molecule has 0 spiro atoms. The van der Waals surface area contributed by atoms with Gasteiger partial charge in [-0.1, -0.05) is 21.1 Å². The lowest BCUT2D eigenvalue weighted by Gasteiger charge is -2.24. The maximum atomic E-state index is 12.6. The van der Waals surface area contributed by atoms with E-state index in [-0.39, 0.29) is 25.3 Å². The molecule has 10 heteroatoms. The summed E-state index contributed by atoms with van der Waals surface area (Å²) in [4.78, 5) is 27.0. The maximum Gasteiger partial charge on any atom is 0.223 e. The Balaban J connectivity index is 1.67. The molecule has 0 aromatic carbocycles. The Morgan fingerprint density at radius 2 is 2.07 bits per heavy atom. The molecule has 2 heterocycles. The number of likely N-dealkylation sites (tertiary alicyclic amines) is 1. The summed E-state index contributed by atoms with van der Waals surface area (Å²) in [6.07, 6.45) is 9.97.